The number of rotatable bonds is 5. The third-order valence-corrected chi connectivity index (χ3v) is 5.31. The predicted molar refractivity (Wildman–Crippen MR) is 93.1 cm³/mol. The number of anilines is 1. The molecule has 2 rings (SSSR count). The van der Waals surface area contributed by atoms with Crippen molar-refractivity contribution in [2.24, 2.45) is 11.3 Å². The molecule has 2 heteroatoms. The van der Waals surface area contributed by atoms with Crippen LogP contribution in [0.2, 0.25) is 0 Å². The van der Waals surface area contributed by atoms with Crippen LogP contribution in [-0.2, 0) is 6.42 Å². The molecule has 0 heterocycles. The molecule has 0 aromatic heterocycles. The summed E-state index contributed by atoms with van der Waals surface area (Å²) in [7, 11) is 4.36. The van der Waals surface area contributed by atoms with Crippen LogP contribution in [0.5, 0.6) is 0 Å². The lowest BCUT2D eigenvalue weighted by atomic mass is 9.68. The van der Waals surface area contributed by atoms with Crippen molar-refractivity contribution in [3.63, 3.8) is 0 Å². The standard InChI is InChI=1S/C19H32N2/c1-6-15-9-11-17(12-10-15)21(5)14-16-8-7-13-19(2,3)18(16)20-4/h9-12,16,18,20H,6-8,13-14H2,1-5H3. The third kappa shape index (κ3) is 3.79. The number of nitrogens with zero attached hydrogens (tertiary/aromatic N) is 1. The van der Waals surface area contributed by atoms with Gasteiger partial charge in [0.1, 0.15) is 0 Å². The number of hydrogen-bond donors (Lipinski definition) is 1. The summed E-state index contributed by atoms with van der Waals surface area (Å²) in [5, 5.41) is 3.59. The lowest BCUT2D eigenvalue weighted by Gasteiger charge is -2.45. The Labute approximate surface area is 130 Å². The molecule has 118 valence electrons. The highest BCUT2D eigenvalue weighted by Gasteiger charge is 2.38. The molecule has 1 saturated carbocycles. The summed E-state index contributed by atoms with van der Waals surface area (Å²) in [5.74, 6) is 0.731. The fourth-order valence-corrected chi connectivity index (χ4v) is 4.05. The van der Waals surface area contributed by atoms with Gasteiger partial charge >= 0.3 is 0 Å². The summed E-state index contributed by atoms with van der Waals surface area (Å²) in [5.41, 5.74) is 3.16. The largest absolute Gasteiger partial charge is 0.374 e. The Morgan fingerprint density at radius 2 is 1.90 bits per heavy atom. The minimum atomic E-state index is 0.407. The molecule has 2 nitrogen and oxygen atoms in total. The predicted octanol–water partition coefficient (Wildman–Crippen LogP) is 4.10. The molecule has 0 amide bonds. The first-order chi connectivity index (χ1) is 9.97. The van der Waals surface area contributed by atoms with Crippen molar-refractivity contribution in [3.05, 3.63) is 29.8 Å². The minimum Gasteiger partial charge on any atom is -0.374 e. The highest BCUT2D eigenvalue weighted by molar-refractivity contribution is 5.47. The molecule has 0 aliphatic heterocycles. The normalized spacial score (nSPS) is 24.8. The monoisotopic (exact) mass is 288 g/mol. The van der Waals surface area contributed by atoms with E-state index < -0.39 is 0 Å². The fraction of sp³-hybridized carbons (Fsp3) is 0.684. The first kappa shape index (κ1) is 16.4. The highest BCUT2D eigenvalue weighted by atomic mass is 15.1. The molecule has 1 aromatic rings. The molecule has 0 radical (unpaired) electrons. The van der Waals surface area contributed by atoms with E-state index in [2.05, 4.69) is 69.3 Å². The summed E-state index contributed by atoms with van der Waals surface area (Å²) >= 11 is 0. The van der Waals surface area contributed by atoms with Crippen molar-refractivity contribution in [1.29, 1.82) is 0 Å². The molecule has 2 unspecified atom stereocenters. The summed E-state index contributed by atoms with van der Waals surface area (Å²) < 4.78 is 0. The van der Waals surface area contributed by atoms with Gasteiger partial charge < -0.3 is 10.2 Å². The van der Waals surface area contributed by atoms with E-state index in [1.165, 1.54) is 30.5 Å². The van der Waals surface area contributed by atoms with Gasteiger partial charge in [-0.15, -0.1) is 0 Å². The van der Waals surface area contributed by atoms with Crippen LogP contribution in [0.1, 0.15) is 45.6 Å². The zero-order valence-electron chi connectivity index (χ0n) is 14.4. The lowest BCUT2D eigenvalue weighted by molar-refractivity contribution is 0.118. The summed E-state index contributed by atoms with van der Waals surface area (Å²) in [6.07, 6.45) is 5.15. The van der Waals surface area contributed by atoms with Crippen molar-refractivity contribution in [2.75, 3.05) is 25.5 Å². The van der Waals surface area contributed by atoms with Crippen molar-refractivity contribution in [3.8, 4) is 0 Å². The Morgan fingerprint density at radius 1 is 1.24 bits per heavy atom. The van der Waals surface area contributed by atoms with Crippen LogP contribution < -0.4 is 10.2 Å². The van der Waals surface area contributed by atoms with E-state index in [1.54, 1.807) is 0 Å². The van der Waals surface area contributed by atoms with Crippen LogP contribution >= 0.6 is 0 Å². The Hall–Kier alpha value is -1.02. The summed E-state index contributed by atoms with van der Waals surface area (Å²) in [4.78, 5) is 2.43. The number of hydrogen-bond acceptors (Lipinski definition) is 2. The van der Waals surface area contributed by atoms with Gasteiger partial charge in [0, 0.05) is 25.3 Å². The molecule has 21 heavy (non-hydrogen) atoms. The lowest BCUT2D eigenvalue weighted by Crippen LogP contribution is -2.51. The zero-order chi connectivity index (χ0) is 15.5. The molecule has 1 aliphatic rings. The fourth-order valence-electron chi connectivity index (χ4n) is 4.05. The maximum Gasteiger partial charge on any atom is 0.0363 e. The van der Waals surface area contributed by atoms with Crippen LogP contribution in [0.15, 0.2) is 24.3 Å². The van der Waals surface area contributed by atoms with E-state index in [0.717, 1.165) is 18.9 Å². The van der Waals surface area contributed by atoms with E-state index >= 15 is 0 Å². The van der Waals surface area contributed by atoms with Crippen LogP contribution in [0.3, 0.4) is 0 Å². The average Bonchev–Trinajstić information content (AvgIpc) is 2.46. The second-order valence-electron chi connectivity index (χ2n) is 7.31. The average molecular weight is 288 g/mol. The smallest absolute Gasteiger partial charge is 0.0363 e. The number of nitrogens with one attached hydrogen (secondary N) is 1. The van der Waals surface area contributed by atoms with Gasteiger partial charge in [-0.25, -0.2) is 0 Å². The van der Waals surface area contributed by atoms with Gasteiger partial charge in [0.15, 0.2) is 0 Å². The Morgan fingerprint density at radius 3 is 2.48 bits per heavy atom. The summed E-state index contributed by atoms with van der Waals surface area (Å²) in [6.45, 7) is 8.17. The van der Waals surface area contributed by atoms with Gasteiger partial charge in [0.05, 0.1) is 0 Å². The van der Waals surface area contributed by atoms with Gasteiger partial charge in [-0.2, -0.15) is 0 Å². The Balaban J connectivity index is 2.04. The Kier molecular flexibility index (Phi) is 5.32. The van der Waals surface area contributed by atoms with Crippen LogP contribution in [0, 0.1) is 11.3 Å². The quantitative estimate of drug-likeness (QED) is 0.877. The molecular formula is C19H32N2. The molecular weight excluding hydrogens is 256 g/mol. The van der Waals surface area contributed by atoms with E-state index in [9.17, 15) is 0 Å². The topological polar surface area (TPSA) is 15.3 Å². The molecule has 1 aliphatic carbocycles. The minimum absolute atomic E-state index is 0.407. The van der Waals surface area contributed by atoms with Crippen LogP contribution in [0.25, 0.3) is 0 Å². The van der Waals surface area contributed by atoms with Gasteiger partial charge in [-0.1, -0.05) is 39.3 Å². The summed E-state index contributed by atoms with van der Waals surface area (Å²) in [6, 6.07) is 9.66. The second-order valence-corrected chi connectivity index (χ2v) is 7.31. The van der Waals surface area contributed by atoms with Gasteiger partial charge in [0.2, 0.25) is 0 Å². The van der Waals surface area contributed by atoms with Crippen molar-refractivity contribution >= 4 is 5.69 Å². The molecule has 0 saturated heterocycles. The second kappa shape index (κ2) is 6.83. The van der Waals surface area contributed by atoms with E-state index in [0.29, 0.717) is 11.5 Å². The molecule has 0 bridgehead atoms. The number of benzene rings is 1. The zero-order valence-corrected chi connectivity index (χ0v) is 14.4. The van der Waals surface area contributed by atoms with E-state index in [1.807, 2.05) is 0 Å². The SMILES string of the molecule is CCc1ccc(N(C)CC2CCCC(C)(C)C2NC)cc1. The van der Waals surface area contributed by atoms with Gasteiger partial charge in [-0.3, -0.25) is 0 Å². The molecule has 1 aromatic carbocycles. The van der Waals surface area contributed by atoms with Crippen molar-refractivity contribution in [2.45, 2.75) is 52.5 Å². The number of aryl methyl sites for hydroxylation is 1. The van der Waals surface area contributed by atoms with Crippen LogP contribution in [0.4, 0.5) is 5.69 Å². The molecule has 1 fully saturated rings. The van der Waals surface area contributed by atoms with E-state index in [4.69, 9.17) is 0 Å². The first-order valence-corrected chi connectivity index (χ1v) is 8.45. The Bertz CT molecular complexity index is 435. The van der Waals surface area contributed by atoms with Crippen LogP contribution in [-0.4, -0.2) is 26.7 Å². The molecule has 0 spiro atoms. The maximum absolute atomic E-state index is 3.59. The third-order valence-electron chi connectivity index (χ3n) is 5.31. The maximum atomic E-state index is 3.59. The molecule has 1 N–H and O–H groups in total. The van der Waals surface area contributed by atoms with E-state index in [-0.39, 0.29) is 0 Å². The first-order valence-electron chi connectivity index (χ1n) is 8.45. The van der Waals surface area contributed by atoms with Crippen molar-refractivity contribution < 1.29 is 0 Å². The van der Waals surface area contributed by atoms with Crippen molar-refractivity contribution in [1.82, 2.24) is 5.32 Å². The highest BCUT2D eigenvalue weighted by Crippen LogP contribution is 2.39. The molecule has 2 atom stereocenters. The van der Waals surface area contributed by atoms with Gasteiger partial charge in [-0.05, 0) is 55.3 Å². The van der Waals surface area contributed by atoms with Gasteiger partial charge in [0.25, 0.3) is 0 Å².